The highest BCUT2D eigenvalue weighted by atomic mass is 32.2. The second kappa shape index (κ2) is 7.61. The Morgan fingerprint density at radius 2 is 1.86 bits per heavy atom. The Labute approximate surface area is 126 Å². The van der Waals surface area contributed by atoms with Crippen molar-refractivity contribution in [3.05, 3.63) is 65.7 Å². The number of carbonyl (C=O) groups is 1. The van der Waals surface area contributed by atoms with Crippen LogP contribution in [0.25, 0.3) is 0 Å². The van der Waals surface area contributed by atoms with Crippen molar-refractivity contribution in [3.63, 3.8) is 0 Å². The molecular weight excluding hydrogens is 286 g/mol. The maximum Gasteiger partial charge on any atom is 0.354 e. The van der Waals surface area contributed by atoms with Crippen molar-refractivity contribution in [1.29, 1.82) is 0 Å². The second-order valence-electron chi connectivity index (χ2n) is 4.39. The number of ether oxygens (including phenoxy) is 1. The molecule has 0 aliphatic rings. The first-order chi connectivity index (χ1) is 10.1. The highest BCUT2D eigenvalue weighted by Gasteiger charge is 2.10. The average Bonchev–Trinajstić information content (AvgIpc) is 2.52. The number of carbonyl (C=O) groups excluding carboxylic acids is 1. The van der Waals surface area contributed by atoms with Gasteiger partial charge in [0.15, 0.2) is 11.1 Å². The fourth-order valence-electron chi connectivity index (χ4n) is 1.57. The summed E-state index contributed by atoms with van der Waals surface area (Å²) in [6.45, 7) is 2.11. The molecule has 0 amide bonds. The quantitative estimate of drug-likeness (QED) is 0.484. The lowest BCUT2D eigenvalue weighted by atomic mass is 10.2. The molecule has 0 aliphatic heterocycles. The van der Waals surface area contributed by atoms with E-state index in [1.165, 1.54) is 0 Å². The van der Waals surface area contributed by atoms with Crippen LogP contribution in [-0.4, -0.2) is 16.7 Å². The molecule has 2 rings (SSSR count). The molecule has 0 fully saturated rings. The Hall–Kier alpha value is -2.11. The smallest absolute Gasteiger partial charge is 0.354 e. The average molecular weight is 301 g/mol. The third-order valence-electron chi connectivity index (χ3n) is 2.70. The minimum Gasteiger partial charge on any atom is -0.586 e. The van der Waals surface area contributed by atoms with E-state index >= 15 is 0 Å². The molecule has 5 heteroatoms. The minimum atomic E-state index is -1.59. The predicted octanol–water partition coefficient (Wildman–Crippen LogP) is 2.83. The van der Waals surface area contributed by atoms with Crippen molar-refractivity contribution in [2.24, 2.45) is 4.40 Å². The van der Waals surface area contributed by atoms with Gasteiger partial charge in [-0.05, 0) is 24.6 Å². The van der Waals surface area contributed by atoms with Crippen molar-refractivity contribution < 1.29 is 14.1 Å². The van der Waals surface area contributed by atoms with Crippen LogP contribution in [-0.2, 0) is 27.5 Å². The second-order valence-corrected chi connectivity index (χ2v) is 5.57. The molecule has 2 aromatic rings. The van der Waals surface area contributed by atoms with Crippen molar-refractivity contribution in [3.8, 4) is 0 Å². The van der Waals surface area contributed by atoms with E-state index in [2.05, 4.69) is 4.40 Å². The Bertz CT molecular complexity index is 611. The molecule has 21 heavy (non-hydrogen) atoms. The molecule has 0 bridgehead atoms. The molecule has 0 radical (unpaired) electrons. The molecule has 0 spiro atoms. The summed E-state index contributed by atoms with van der Waals surface area (Å²) in [6, 6.07) is 16.5. The highest BCUT2D eigenvalue weighted by molar-refractivity contribution is 7.90. The topological polar surface area (TPSA) is 61.7 Å². The Morgan fingerprint density at radius 3 is 2.52 bits per heavy atom. The molecule has 0 aromatic heterocycles. The SMILES string of the molecule is Cc1ccc([S+]([O-])N=CC(=O)OCc2ccccc2)cc1. The van der Waals surface area contributed by atoms with Gasteiger partial charge in [-0.2, -0.15) is 0 Å². The first-order valence-electron chi connectivity index (χ1n) is 6.38. The standard InChI is InChI=1S/C16H15NO3S/c1-13-7-9-15(10-8-13)21(19)17-11-16(18)20-12-14-5-3-2-4-6-14/h2-11H,12H2,1H3. The van der Waals surface area contributed by atoms with E-state index in [4.69, 9.17) is 4.74 Å². The van der Waals surface area contributed by atoms with Gasteiger partial charge in [-0.3, -0.25) is 0 Å². The molecule has 108 valence electrons. The summed E-state index contributed by atoms with van der Waals surface area (Å²) in [4.78, 5) is 12.0. The van der Waals surface area contributed by atoms with Crippen LogP contribution in [0.1, 0.15) is 11.1 Å². The van der Waals surface area contributed by atoms with E-state index < -0.39 is 17.3 Å². The van der Waals surface area contributed by atoms with Gasteiger partial charge in [0, 0.05) is 0 Å². The first kappa shape index (κ1) is 15.3. The molecule has 0 saturated heterocycles. The largest absolute Gasteiger partial charge is 0.586 e. The third-order valence-corrected chi connectivity index (χ3v) is 3.67. The summed E-state index contributed by atoms with van der Waals surface area (Å²) in [6.07, 6.45) is 0.957. The van der Waals surface area contributed by atoms with Gasteiger partial charge in [0.2, 0.25) is 0 Å². The molecule has 2 aromatic carbocycles. The zero-order valence-electron chi connectivity index (χ0n) is 11.6. The predicted molar refractivity (Wildman–Crippen MR) is 82.3 cm³/mol. The van der Waals surface area contributed by atoms with Crippen LogP contribution in [0.5, 0.6) is 0 Å². The maximum absolute atomic E-state index is 11.8. The number of hydrogen-bond donors (Lipinski definition) is 0. The summed E-state index contributed by atoms with van der Waals surface area (Å²) < 4.78 is 20.6. The number of benzene rings is 2. The molecular formula is C16H15NO3S. The number of hydrogen-bond acceptors (Lipinski definition) is 4. The first-order valence-corrected chi connectivity index (χ1v) is 7.49. The van der Waals surface area contributed by atoms with E-state index in [1.807, 2.05) is 49.4 Å². The molecule has 0 heterocycles. The van der Waals surface area contributed by atoms with Crippen LogP contribution >= 0.6 is 0 Å². The molecule has 0 saturated carbocycles. The van der Waals surface area contributed by atoms with Crippen LogP contribution in [0.3, 0.4) is 0 Å². The molecule has 1 atom stereocenters. The minimum absolute atomic E-state index is 0.170. The van der Waals surface area contributed by atoms with E-state index in [0.29, 0.717) is 4.90 Å². The number of rotatable bonds is 5. The van der Waals surface area contributed by atoms with Crippen LogP contribution in [0.4, 0.5) is 0 Å². The zero-order chi connectivity index (χ0) is 15.1. The Kier molecular flexibility index (Phi) is 5.54. The van der Waals surface area contributed by atoms with Gasteiger partial charge in [0.05, 0.1) is 0 Å². The fraction of sp³-hybridized carbons (Fsp3) is 0.125. The number of nitrogens with zero attached hydrogens (tertiary/aromatic N) is 1. The number of esters is 1. The molecule has 4 nitrogen and oxygen atoms in total. The van der Waals surface area contributed by atoms with Gasteiger partial charge in [-0.15, -0.1) is 0 Å². The van der Waals surface area contributed by atoms with Crippen LogP contribution in [0, 0.1) is 6.92 Å². The molecule has 1 unspecified atom stereocenters. The van der Waals surface area contributed by atoms with Crippen molar-refractivity contribution >= 4 is 23.5 Å². The Balaban J connectivity index is 1.85. The van der Waals surface area contributed by atoms with E-state index in [-0.39, 0.29) is 6.61 Å². The Morgan fingerprint density at radius 1 is 1.19 bits per heavy atom. The number of aryl methyl sites for hydroxylation is 1. The van der Waals surface area contributed by atoms with Crippen molar-refractivity contribution in [1.82, 2.24) is 0 Å². The van der Waals surface area contributed by atoms with Crippen LogP contribution in [0.15, 0.2) is 63.9 Å². The summed E-state index contributed by atoms with van der Waals surface area (Å²) in [5.41, 5.74) is 1.96. The lowest BCUT2D eigenvalue weighted by Gasteiger charge is -2.03. The third kappa shape index (κ3) is 5.06. The van der Waals surface area contributed by atoms with E-state index in [9.17, 15) is 9.35 Å². The zero-order valence-corrected chi connectivity index (χ0v) is 12.4. The summed E-state index contributed by atoms with van der Waals surface area (Å²) in [5.74, 6) is -0.612. The van der Waals surface area contributed by atoms with Gasteiger partial charge in [-0.1, -0.05) is 52.4 Å². The summed E-state index contributed by atoms with van der Waals surface area (Å²) in [7, 11) is 0. The normalized spacial score (nSPS) is 12.3. The van der Waals surface area contributed by atoms with E-state index in [1.54, 1.807) is 12.1 Å². The van der Waals surface area contributed by atoms with Gasteiger partial charge >= 0.3 is 5.97 Å². The van der Waals surface area contributed by atoms with Gasteiger partial charge in [0.1, 0.15) is 18.0 Å². The maximum atomic E-state index is 11.8. The van der Waals surface area contributed by atoms with Crippen molar-refractivity contribution in [2.75, 3.05) is 0 Å². The van der Waals surface area contributed by atoms with Gasteiger partial charge in [0.25, 0.3) is 0 Å². The molecule has 0 N–H and O–H groups in total. The monoisotopic (exact) mass is 301 g/mol. The van der Waals surface area contributed by atoms with Crippen molar-refractivity contribution in [2.45, 2.75) is 18.4 Å². The fourth-order valence-corrected chi connectivity index (χ4v) is 2.24. The summed E-state index contributed by atoms with van der Waals surface area (Å²) >= 11 is -1.59. The van der Waals surface area contributed by atoms with Crippen LogP contribution < -0.4 is 0 Å². The van der Waals surface area contributed by atoms with Gasteiger partial charge in [-0.25, -0.2) is 4.79 Å². The lowest BCUT2D eigenvalue weighted by molar-refractivity contribution is -0.136. The lowest BCUT2D eigenvalue weighted by Crippen LogP contribution is -2.08. The van der Waals surface area contributed by atoms with Crippen LogP contribution in [0.2, 0.25) is 0 Å². The van der Waals surface area contributed by atoms with E-state index in [0.717, 1.165) is 17.3 Å². The van der Waals surface area contributed by atoms with Gasteiger partial charge < -0.3 is 9.29 Å². The summed E-state index contributed by atoms with van der Waals surface area (Å²) in [5, 5.41) is 0. The molecule has 0 aliphatic carbocycles. The highest BCUT2D eigenvalue weighted by Crippen LogP contribution is 2.12.